The number of nitrogens with zero attached hydrogens (tertiary/aromatic N) is 1. The maximum absolute atomic E-state index is 13.6. The van der Waals surface area contributed by atoms with Gasteiger partial charge in [0.1, 0.15) is 11.6 Å². The molecule has 0 bridgehead atoms. The van der Waals surface area contributed by atoms with Gasteiger partial charge in [0, 0.05) is 25.2 Å². The van der Waals surface area contributed by atoms with Crippen molar-refractivity contribution < 1.29 is 13.5 Å². The average Bonchev–Trinajstić information content (AvgIpc) is 2.30. The fourth-order valence-electron chi connectivity index (χ4n) is 1.97. The van der Waals surface area contributed by atoms with Gasteiger partial charge in [-0.3, -0.25) is 4.90 Å². The van der Waals surface area contributed by atoms with Gasteiger partial charge in [-0.05, 0) is 35.0 Å². The first-order valence-electron chi connectivity index (χ1n) is 5.54. The number of benzene rings is 1. The second-order valence-corrected chi connectivity index (χ2v) is 5.03. The van der Waals surface area contributed by atoms with E-state index in [4.69, 9.17) is 4.74 Å². The van der Waals surface area contributed by atoms with Gasteiger partial charge in [0.05, 0.1) is 17.2 Å². The summed E-state index contributed by atoms with van der Waals surface area (Å²) in [7, 11) is 0. The second kappa shape index (κ2) is 5.42. The highest BCUT2D eigenvalue weighted by Crippen LogP contribution is 2.25. The third-order valence-corrected chi connectivity index (χ3v) is 3.70. The molecule has 1 aliphatic rings. The Morgan fingerprint density at radius 2 is 2.12 bits per heavy atom. The highest BCUT2D eigenvalue weighted by molar-refractivity contribution is 9.10. The molecule has 0 spiro atoms. The lowest BCUT2D eigenvalue weighted by atomic mass is 10.1. The molecule has 0 N–H and O–H groups in total. The van der Waals surface area contributed by atoms with Crippen molar-refractivity contribution in [3.05, 3.63) is 33.8 Å². The highest BCUT2D eigenvalue weighted by atomic mass is 79.9. The summed E-state index contributed by atoms with van der Waals surface area (Å²) in [5, 5.41) is 0. The van der Waals surface area contributed by atoms with Crippen LogP contribution in [0.4, 0.5) is 8.78 Å². The zero-order chi connectivity index (χ0) is 12.4. The van der Waals surface area contributed by atoms with Crippen LogP contribution in [-0.2, 0) is 11.3 Å². The first-order chi connectivity index (χ1) is 8.08. The Balaban J connectivity index is 2.15. The lowest BCUT2D eigenvalue weighted by Gasteiger charge is -2.31. The Morgan fingerprint density at radius 1 is 1.41 bits per heavy atom. The first kappa shape index (κ1) is 12.9. The van der Waals surface area contributed by atoms with Gasteiger partial charge in [-0.15, -0.1) is 0 Å². The molecule has 1 saturated heterocycles. The van der Waals surface area contributed by atoms with E-state index in [1.165, 1.54) is 6.07 Å². The molecule has 17 heavy (non-hydrogen) atoms. The van der Waals surface area contributed by atoms with Gasteiger partial charge in [-0.1, -0.05) is 0 Å². The molecule has 2 nitrogen and oxygen atoms in total. The standard InChI is InChI=1S/C12H14BrF2NO/c1-8-6-16(4-5-17-8)7-9-10(14)2-3-11(15)12(9)13/h2-3,8H,4-7H2,1H3. The molecular formula is C12H14BrF2NO. The minimum absolute atomic E-state index is 0.138. The van der Waals surface area contributed by atoms with Gasteiger partial charge in [-0.25, -0.2) is 8.78 Å². The molecule has 1 aromatic carbocycles. The molecule has 5 heteroatoms. The molecule has 1 aliphatic heterocycles. The second-order valence-electron chi connectivity index (χ2n) is 4.24. The van der Waals surface area contributed by atoms with Crippen LogP contribution in [0.2, 0.25) is 0 Å². The van der Waals surface area contributed by atoms with Gasteiger partial charge in [0.25, 0.3) is 0 Å². The van der Waals surface area contributed by atoms with Crippen molar-refractivity contribution in [1.82, 2.24) is 4.90 Å². The van der Waals surface area contributed by atoms with Crippen molar-refractivity contribution in [1.29, 1.82) is 0 Å². The zero-order valence-corrected chi connectivity index (χ0v) is 11.1. The molecule has 0 saturated carbocycles. The largest absolute Gasteiger partial charge is 0.376 e. The molecule has 0 aromatic heterocycles. The molecule has 1 atom stereocenters. The van der Waals surface area contributed by atoms with Gasteiger partial charge < -0.3 is 4.74 Å². The van der Waals surface area contributed by atoms with E-state index in [1.807, 2.05) is 6.92 Å². The quantitative estimate of drug-likeness (QED) is 0.779. The molecular weight excluding hydrogens is 292 g/mol. The normalized spacial score (nSPS) is 21.8. The van der Waals surface area contributed by atoms with E-state index >= 15 is 0 Å². The molecule has 0 radical (unpaired) electrons. The van der Waals surface area contributed by atoms with E-state index in [0.717, 1.165) is 19.2 Å². The third-order valence-electron chi connectivity index (χ3n) is 2.85. The summed E-state index contributed by atoms with van der Waals surface area (Å²) in [5.74, 6) is -0.805. The van der Waals surface area contributed by atoms with Gasteiger partial charge in [0.2, 0.25) is 0 Å². The SMILES string of the molecule is CC1CN(Cc2c(F)ccc(F)c2Br)CCO1. The van der Waals surface area contributed by atoms with E-state index in [2.05, 4.69) is 20.8 Å². The topological polar surface area (TPSA) is 12.5 Å². The Hall–Kier alpha value is -0.520. The van der Waals surface area contributed by atoms with Crippen molar-refractivity contribution in [2.24, 2.45) is 0 Å². The third kappa shape index (κ3) is 3.03. The number of rotatable bonds is 2. The Kier molecular flexibility index (Phi) is 4.12. The number of morpholine rings is 1. The molecule has 0 aliphatic carbocycles. The van der Waals surface area contributed by atoms with E-state index in [9.17, 15) is 8.78 Å². The van der Waals surface area contributed by atoms with Crippen molar-refractivity contribution in [3.8, 4) is 0 Å². The predicted octanol–water partition coefficient (Wildman–Crippen LogP) is 2.95. The van der Waals surface area contributed by atoms with E-state index in [1.54, 1.807) is 0 Å². The summed E-state index contributed by atoms with van der Waals surface area (Å²) >= 11 is 3.10. The lowest BCUT2D eigenvalue weighted by molar-refractivity contribution is -0.0216. The van der Waals surface area contributed by atoms with Crippen LogP contribution >= 0.6 is 15.9 Å². The maximum atomic E-state index is 13.6. The summed E-state index contributed by atoms with van der Waals surface area (Å²) in [6.45, 7) is 4.49. The minimum atomic E-state index is -0.428. The smallest absolute Gasteiger partial charge is 0.137 e. The number of ether oxygens (including phenoxy) is 1. The fourth-order valence-corrected chi connectivity index (χ4v) is 2.42. The number of hydrogen-bond acceptors (Lipinski definition) is 2. The summed E-state index contributed by atoms with van der Waals surface area (Å²) < 4.78 is 32.6. The average molecular weight is 306 g/mol. The van der Waals surface area contributed by atoms with Crippen molar-refractivity contribution in [2.75, 3.05) is 19.7 Å². The van der Waals surface area contributed by atoms with E-state index in [0.29, 0.717) is 18.7 Å². The van der Waals surface area contributed by atoms with E-state index < -0.39 is 5.82 Å². The summed E-state index contributed by atoms with van der Waals surface area (Å²) in [5.41, 5.74) is 0.374. The summed E-state index contributed by atoms with van der Waals surface area (Å²) in [6.07, 6.45) is 0.138. The predicted molar refractivity (Wildman–Crippen MR) is 64.7 cm³/mol. The molecule has 1 aromatic rings. The minimum Gasteiger partial charge on any atom is -0.376 e. The van der Waals surface area contributed by atoms with E-state index in [-0.39, 0.29) is 16.4 Å². The monoisotopic (exact) mass is 305 g/mol. The van der Waals surface area contributed by atoms with Crippen LogP contribution in [0.3, 0.4) is 0 Å². The molecule has 0 amide bonds. The maximum Gasteiger partial charge on any atom is 0.137 e. The molecule has 2 rings (SSSR count). The summed E-state index contributed by atoms with van der Waals surface area (Å²) in [6, 6.07) is 2.30. The summed E-state index contributed by atoms with van der Waals surface area (Å²) in [4.78, 5) is 2.07. The molecule has 1 heterocycles. The van der Waals surface area contributed by atoms with Gasteiger partial charge in [-0.2, -0.15) is 0 Å². The zero-order valence-electron chi connectivity index (χ0n) is 9.55. The molecule has 1 fully saturated rings. The van der Waals surface area contributed by atoms with Crippen molar-refractivity contribution >= 4 is 15.9 Å². The van der Waals surface area contributed by atoms with Crippen LogP contribution in [-0.4, -0.2) is 30.7 Å². The fraction of sp³-hybridized carbons (Fsp3) is 0.500. The van der Waals surface area contributed by atoms with Crippen LogP contribution in [0.5, 0.6) is 0 Å². The van der Waals surface area contributed by atoms with Crippen LogP contribution < -0.4 is 0 Å². The Bertz CT molecular complexity index is 414. The lowest BCUT2D eigenvalue weighted by Crippen LogP contribution is -2.40. The molecule has 94 valence electrons. The first-order valence-corrected chi connectivity index (χ1v) is 6.33. The van der Waals surface area contributed by atoms with Crippen molar-refractivity contribution in [2.45, 2.75) is 19.6 Å². The molecule has 1 unspecified atom stereocenters. The number of halogens is 3. The van der Waals surface area contributed by atoms with Crippen LogP contribution in [0.25, 0.3) is 0 Å². The van der Waals surface area contributed by atoms with Crippen molar-refractivity contribution in [3.63, 3.8) is 0 Å². The van der Waals surface area contributed by atoms with Crippen LogP contribution in [0, 0.1) is 11.6 Å². The van der Waals surface area contributed by atoms with Crippen LogP contribution in [0.15, 0.2) is 16.6 Å². The Morgan fingerprint density at radius 3 is 2.82 bits per heavy atom. The van der Waals surface area contributed by atoms with Gasteiger partial charge in [0.15, 0.2) is 0 Å². The Labute approximate surface area is 108 Å². The van der Waals surface area contributed by atoms with Crippen LogP contribution in [0.1, 0.15) is 12.5 Å². The van der Waals surface area contributed by atoms with Gasteiger partial charge >= 0.3 is 0 Å². The highest BCUT2D eigenvalue weighted by Gasteiger charge is 2.20. The number of hydrogen-bond donors (Lipinski definition) is 0.